The van der Waals surface area contributed by atoms with E-state index in [0.29, 0.717) is 6.04 Å². The van der Waals surface area contributed by atoms with Crippen LogP contribution in [-0.4, -0.2) is 12.6 Å². The topological polar surface area (TPSA) is 12.0 Å². The third kappa shape index (κ3) is 6.17. The fourth-order valence-corrected chi connectivity index (χ4v) is 1.12. The van der Waals surface area contributed by atoms with Crippen molar-refractivity contribution in [3.8, 4) is 0 Å². The van der Waals surface area contributed by atoms with Crippen LogP contribution in [0.4, 0.5) is 0 Å². The van der Waals surface area contributed by atoms with E-state index < -0.39 is 0 Å². The Morgan fingerprint density at radius 3 is 2.58 bits per heavy atom. The molecular formula is C11H21N. The molecule has 1 heteroatoms. The zero-order valence-electron chi connectivity index (χ0n) is 8.56. The highest BCUT2D eigenvalue weighted by Crippen LogP contribution is 1.99. The summed E-state index contributed by atoms with van der Waals surface area (Å²) < 4.78 is 0. The van der Waals surface area contributed by atoms with Crippen molar-refractivity contribution in [2.24, 2.45) is 0 Å². The van der Waals surface area contributed by atoms with Gasteiger partial charge in [-0.1, -0.05) is 24.6 Å². The summed E-state index contributed by atoms with van der Waals surface area (Å²) in [6.45, 7) is 11.3. The molecule has 0 heterocycles. The van der Waals surface area contributed by atoms with Crippen molar-refractivity contribution >= 4 is 0 Å². The highest BCUT2D eigenvalue weighted by Gasteiger charge is 1.99. The maximum Gasteiger partial charge on any atom is 0.0286 e. The largest absolute Gasteiger partial charge is 0.310 e. The summed E-state index contributed by atoms with van der Waals surface area (Å²) in [7, 11) is 0. The van der Waals surface area contributed by atoms with Gasteiger partial charge < -0.3 is 5.32 Å². The Labute approximate surface area is 76.6 Å². The van der Waals surface area contributed by atoms with Crippen LogP contribution in [0.3, 0.4) is 0 Å². The van der Waals surface area contributed by atoms with E-state index in [9.17, 15) is 0 Å². The van der Waals surface area contributed by atoms with E-state index in [-0.39, 0.29) is 0 Å². The summed E-state index contributed by atoms with van der Waals surface area (Å²) in [6, 6.07) is 0.479. The predicted octanol–water partition coefficient (Wildman–Crippen LogP) is 2.90. The average Bonchev–Trinajstić information content (AvgIpc) is 2.00. The standard InChI is InChI=1S/C11H21N/c1-5-7-11(9-10(3)4)12-8-6-2/h5,9,11-12H,1,6-8H2,2-4H3. The van der Waals surface area contributed by atoms with E-state index >= 15 is 0 Å². The van der Waals surface area contributed by atoms with Gasteiger partial charge >= 0.3 is 0 Å². The molecule has 1 nitrogen and oxygen atoms in total. The van der Waals surface area contributed by atoms with Crippen LogP contribution in [0.5, 0.6) is 0 Å². The lowest BCUT2D eigenvalue weighted by atomic mass is 10.1. The van der Waals surface area contributed by atoms with E-state index in [0.717, 1.165) is 13.0 Å². The minimum absolute atomic E-state index is 0.479. The van der Waals surface area contributed by atoms with Crippen LogP contribution in [0.15, 0.2) is 24.3 Å². The van der Waals surface area contributed by atoms with Gasteiger partial charge in [0.2, 0.25) is 0 Å². The van der Waals surface area contributed by atoms with Crippen molar-refractivity contribution < 1.29 is 0 Å². The minimum atomic E-state index is 0.479. The maximum atomic E-state index is 3.75. The van der Waals surface area contributed by atoms with E-state index in [1.54, 1.807) is 0 Å². The number of hydrogen-bond donors (Lipinski definition) is 1. The van der Waals surface area contributed by atoms with Gasteiger partial charge in [0.25, 0.3) is 0 Å². The Morgan fingerprint density at radius 1 is 1.50 bits per heavy atom. The molecular weight excluding hydrogens is 146 g/mol. The summed E-state index contributed by atoms with van der Waals surface area (Å²) in [5.41, 5.74) is 1.37. The quantitative estimate of drug-likeness (QED) is 0.600. The highest BCUT2D eigenvalue weighted by atomic mass is 14.9. The molecule has 0 saturated heterocycles. The van der Waals surface area contributed by atoms with Crippen LogP contribution in [0, 0.1) is 0 Å². The smallest absolute Gasteiger partial charge is 0.0286 e. The summed E-state index contributed by atoms with van der Waals surface area (Å²) >= 11 is 0. The summed E-state index contributed by atoms with van der Waals surface area (Å²) in [4.78, 5) is 0. The monoisotopic (exact) mass is 167 g/mol. The molecule has 0 aliphatic heterocycles. The lowest BCUT2D eigenvalue weighted by Crippen LogP contribution is -2.27. The first-order valence-electron chi connectivity index (χ1n) is 4.70. The molecule has 0 saturated carbocycles. The van der Waals surface area contributed by atoms with Crippen LogP contribution in [0.2, 0.25) is 0 Å². The molecule has 0 spiro atoms. The van der Waals surface area contributed by atoms with Crippen molar-refractivity contribution in [2.45, 2.75) is 39.7 Å². The molecule has 1 atom stereocenters. The Morgan fingerprint density at radius 2 is 2.17 bits per heavy atom. The fourth-order valence-electron chi connectivity index (χ4n) is 1.12. The van der Waals surface area contributed by atoms with Crippen LogP contribution in [-0.2, 0) is 0 Å². The molecule has 0 aromatic carbocycles. The van der Waals surface area contributed by atoms with Crippen LogP contribution >= 0.6 is 0 Å². The third-order valence-corrected chi connectivity index (χ3v) is 1.61. The van der Waals surface area contributed by atoms with E-state index in [4.69, 9.17) is 0 Å². The lowest BCUT2D eigenvalue weighted by Gasteiger charge is -2.12. The lowest BCUT2D eigenvalue weighted by molar-refractivity contribution is 0.590. The summed E-state index contributed by atoms with van der Waals surface area (Å²) in [6.07, 6.45) is 6.43. The molecule has 0 rings (SSSR count). The molecule has 0 aliphatic rings. The normalized spacial score (nSPS) is 12.2. The van der Waals surface area contributed by atoms with Gasteiger partial charge in [0, 0.05) is 6.04 Å². The highest BCUT2D eigenvalue weighted by molar-refractivity contribution is 5.02. The van der Waals surface area contributed by atoms with E-state index in [1.807, 2.05) is 6.08 Å². The van der Waals surface area contributed by atoms with Crippen LogP contribution in [0.1, 0.15) is 33.6 Å². The van der Waals surface area contributed by atoms with Gasteiger partial charge in [-0.25, -0.2) is 0 Å². The van der Waals surface area contributed by atoms with Gasteiger partial charge in [0.1, 0.15) is 0 Å². The van der Waals surface area contributed by atoms with Crippen molar-refractivity contribution in [2.75, 3.05) is 6.54 Å². The Bertz CT molecular complexity index is 143. The van der Waals surface area contributed by atoms with Crippen molar-refractivity contribution in [3.05, 3.63) is 24.3 Å². The van der Waals surface area contributed by atoms with Gasteiger partial charge in [-0.05, 0) is 33.2 Å². The molecule has 0 aliphatic carbocycles. The SMILES string of the molecule is C=CCC(C=C(C)C)NCCC. The number of rotatable bonds is 6. The molecule has 0 aromatic rings. The second-order valence-electron chi connectivity index (χ2n) is 3.33. The zero-order valence-corrected chi connectivity index (χ0v) is 8.56. The molecule has 0 bridgehead atoms. The molecule has 1 unspecified atom stereocenters. The molecule has 0 aromatic heterocycles. The summed E-state index contributed by atoms with van der Waals surface area (Å²) in [5, 5.41) is 3.45. The Hall–Kier alpha value is -0.560. The summed E-state index contributed by atoms with van der Waals surface area (Å²) in [5.74, 6) is 0. The third-order valence-electron chi connectivity index (χ3n) is 1.61. The molecule has 12 heavy (non-hydrogen) atoms. The number of hydrogen-bond acceptors (Lipinski definition) is 1. The van der Waals surface area contributed by atoms with E-state index in [1.165, 1.54) is 12.0 Å². The van der Waals surface area contributed by atoms with Crippen LogP contribution in [0.25, 0.3) is 0 Å². The van der Waals surface area contributed by atoms with Crippen molar-refractivity contribution in [3.63, 3.8) is 0 Å². The molecule has 0 radical (unpaired) electrons. The van der Waals surface area contributed by atoms with Crippen LogP contribution < -0.4 is 5.32 Å². The molecule has 0 fully saturated rings. The second kappa shape index (κ2) is 7.11. The Balaban J connectivity index is 3.85. The number of allylic oxidation sites excluding steroid dienone is 1. The van der Waals surface area contributed by atoms with Gasteiger partial charge in [0.15, 0.2) is 0 Å². The number of nitrogens with one attached hydrogen (secondary N) is 1. The predicted molar refractivity (Wildman–Crippen MR) is 56.3 cm³/mol. The minimum Gasteiger partial charge on any atom is -0.310 e. The molecule has 1 N–H and O–H groups in total. The maximum absolute atomic E-state index is 3.75. The van der Waals surface area contributed by atoms with Gasteiger partial charge in [-0.15, -0.1) is 6.58 Å². The van der Waals surface area contributed by atoms with Crippen molar-refractivity contribution in [1.82, 2.24) is 5.32 Å². The first kappa shape index (κ1) is 11.4. The first-order chi connectivity index (χ1) is 5.70. The molecule has 0 amide bonds. The average molecular weight is 167 g/mol. The zero-order chi connectivity index (χ0) is 9.40. The van der Waals surface area contributed by atoms with Gasteiger partial charge in [-0.2, -0.15) is 0 Å². The van der Waals surface area contributed by atoms with E-state index in [2.05, 4.69) is 38.7 Å². The van der Waals surface area contributed by atoms with Gasteiger partial charge in [-0.3, -0.25) is 0 Å². The van der Waals surface area contributed by atoms with Crippen molar-refractivity contribution in [1.29, 1.82) is 0 Å². The van der Waals surface area contributed by atoms with Gasteiger partial charge in [0.05, 0.1) is 0 Å². The molecule has 70 valence electrons. The first-order valence-corrected chi connectivity index (χ1v) is 4.70. The fraction of sp³-hybridized carbons (Fsp3) is 0.636. The Kier molecular flexibility index (Phi) is 6.78. The second-order valence-corrected chi connectivity index (χ2v) is 3.33.